The van der Waals surface area contributed by atoms with Gasteiger partial charge in [-0.25, -0.2) is 8.42 Å². The number of sulfonamides is 1. The van der Waals surface area contributed by atoms with Gasteiger partial charge in [0.25, 0.3) is 0 Å². The highest BCUT2D eigenvalue weighted by Crippen LogP contribution is 2.41. The first kappa shape index (κ1) is 19.5. The Balaban J connectivity index is 2.01. The number of aromatic nitrogens is 1. The molecule has 0 atom stereocenters. The number of anilines is 1. The number of rotatable bonds is 5. The smallest absolute Gasteiger partial charge is 0.243 e. The Morgan fingerprint density at radius 2 is 1.85 bits per heavy atom. The van der Waals surface area contributed by atoms with Crippen molar-refractivity contribution in [2.75, 3.05) is 18.5 Å². The van der Waals surface area contributed by atoms with E-state index in [1.54, 1.807) is 42.5 Å². The first-order valence-electron chi connectivity index (χ1n) is 8.97. The number of amides is 1. The van der Waals surface area contributed by atoms with Gasteiger partial charge in [0.15, 0.2) is 0 Å². The average Bonchev–Trinajstić information content (AvgIpc) is 2.64. The van der Waals surface area contributed by atoms with E-state index in [4.69, 9.17) is 0 Å². The van der Waals surface area contributed by atoms with Gasteiger partial charge in [-0.15, -0.1) is 0 Å². The van der Waals surface area contributed by atoms with Gasteiger partial charge in [0, 0.05) is 50.1 Å². The van der Waals surface area contributed by atoms with Gasteiger partial charge in [-0.2, -0.15) is 4.31 Å². The molecule has 144 valence electrons. The zero-order valence-electron chi connectivity index (χ0n) is 16.1. The third-order valence-corrected chi connectivity index (χ3v) is 7.04. The van der Waals surface area contributed by atoms with E-state index in [9.17, 15) is 13.2 Å². The van der Waals surface area contributed by atoms with Gasteiger partial charge in [0.05, 0.1) is 4.90 Å². The average molecular weight is 388 g/mol. The van der Waals surface area contributed by atoms with E-state index in [1.807, 2.05) is 32.9 Å². The minimum atomic E-state index is -3.65. The van der Waals surface area contributed by atoms with Crippen molar-refractivity contribution in [2.45, 2.75) is 44.0 Å². The van der Waals surface area contributed by atoms with Crippen LogP contribution in [0.15, 0.2) is 47.6 Å². The number of nitrogens with zero attached hydrogens (tertiary/aromatic N) is 3. The molecule has 27 heavy (non-hydrogen) atoms. The molecule has 1 aromatic carbocycles. The maximum atomic E-state index is 13.2. The van der Waals surface area contributed by atoms with Crippen LogP contribution in [0.4, 0.5) is 5.69 Å². The van der Waals surface area contributed by atoms with Gasteiger partial charge in [0.1, 0.15) is 0 Å². The molecule has 0 spiro atoms. The van der Waals surface area contributed by atoms with Crippen molar-refractivity contribution in [1.82, 2.24) is 9.29 Å². The van der Waals surface area contributed by atoms with Crippen LogP contribution in [-0.4, -0.2) is 37.2 Å². The number of fused-ring (bicyclic) bond motifs is 1. The topological polar surface area (TPSA) is 70.6 Å². The predicted octanol–water partition coefficient (Wildman–Crippen LogP) is 2.94. The summed E-state index contributed by atoms with van der Waals surface area (Å²) in [5.74, 6) is 0.0379. The van der Waals surface area contributed by atoms with Gasteiger partial charge in [-0.05, 0) is 41.5 Å². The van der Waals surface area contributed by atoms with Crippen molar-refractivity contribution < 1.29 is 13.2 Å². The summed E-state index contributed by atoms with van der Waals surface area (Å²) in [5.41, 5.74) is 2.13. The van der Waals surface area contributed by atoms with Crippen LogP contribution in [0.25, 0.3) is 0 Å². The van der Waals surface area contributed by atoms with Crippen LogP contribution in [0, 0.1) is 0 Å². The van der Waals surface area contributed by atoms with Crippen LogP contribution >= 0.6 is 0 Å². The highest BCUT2D eigenvalue weighted by Gasteiger charge is 2.36. The largest absolute Gasteiger partial charge is 0.315 e. The molecular weight excluding hydrogens is 362 g/mol. The number of hydrogen-bond donors (Lipinski definition) is 0. The van der Waals surface area contributed by atoms with E-state index in [2.05, 4.69) is 4.98 Å². The molecule has 1 aliphatic heterocycles. The number of carbonyl (C=O) groups excluding carboxylic acids is 1. The number of benzene rings is 1. The maximum Gasteiger partial charge on any atom is 0.243 e. The highest BCUT2D eigenvalue weighted by atomic mass is 32.2. The SMILES string of the molecule is CCN(Cc1ccncc1)S(=O)(=O)c1ccc2c(c1)C(C)(C)CC(=O)N2C. The third-order valence-electron chi connectivity index (χ3n) is 5.12. The van der Waals surface area contributed by atoms with Crippen LogP contribution in [-0.2, 0) is 26.8 Å². The van der Waals surface area contributed by atoms with Crippen LogP contribution in [0.2, 0.25) is 0 Å². The first-order valence-corrected chi connectivity index (χ1v) is 10.4. The quantitative estimate of drug-likeness (QED) is 0.791. The summed E-state index contributed by atoms with van der Waals surface area (Å²) >= 11 is 0. The van der Waals surface area contributed by atoms with Crippen LogP contribution < -0.4 is 4.90 Å². The summed E-state index contributed by atoms with van der Waals surface area (Å²) in [6.07, 6.45) is 3.67. The second-order valence-electron chi connectivity index (χ2n) is 7.48. The Bertz CT molecular complexity index is 956. The van der Waals surface area contributed by atoms with Crippen molar-refractivity contribution in [1.29, 1.82) is 0 Å². The molecule has 0 radical (unpaired) electrons. The summed E-state index contributed by atoms with van der Waals surface area (Å²) in [5, 5.41) is 0. The van der Waals surface area contributed by atoms with Crippen molar-refractivity contribution in [3.63, 3.8) is 0 Å². The fourth-order valence-corrected chi connectivity index (χ4v) is 4.91. The van der Waals surface area contributed by atoms with E-state index in [0.717, 1.165) is 16.8 Å². The second-order valence-corrected chi connectivity index (χ2v) is 9.42. The fraction of sp³-hybridized carbons (Fsp3) is 0.400. The van der Waals surface area contributed by atoms with Gasteiger partial charge in [0.2, 0.25) is 15.9 Å². The zero-order chi connectivity index (χ0) is 19.8. The summed E-state index contributed by atoms with van der Waals surface area (Å²) in [6, 6.07) is 8.68. The molecule has 6 nitrogen and oxygen atoms in total. The number of hydrogen-bond acceptors (Lipinski definition) is 4. The zero-order valence-corrected chi connectivity index (χ0v) is 17.0. The Morgan fingerprint density at radius 3 is 2.48 bits per heavy atom. The monoisotopic (exact) mass is 387 g/mol. The molecule has 7 heteroatoms. The molecule has 0 aliphatic carbocycles. The minimum absolute atomic E-state index is 0.0379. The maximum absolute atomic E-state index is 13.2. The fourth-order valence-electron chi connectivity index (χ4n) is 3.44. The first-order chi connectivity index (χ1) is 12.7. The van der Waals surface area contributed by atoms with E-state index in [1.165, 1.54) is 4.31 Å². The van der Waals surface area contributed by atoms with Crippen molar-refractivity contribution in [3.05, 3.63) is 53.9 Å². The molecule has 0 N–H and O–H groups in total. The van der Waals surface area contributed by atoms with Crippen LogP contribution in [0.1, 0.15) is 38.3 Å². The van der Waals surface area contributed by atoms with Gasteiger partial charge >= 0.3 is 0 Å². The van der Waals surface area contributed by atoms with Crippen LogP contribution in [0.3, 0.4) is 0 Å². The lowest BCUT2D eigenvalue weighted by Gasteiger charge is -2.37. The second kappa shape index (κ2) is 7.05. The Hall–Kier alpha value is -2.25. The summed E-state index contributed by atoms with van der Waals surface area (Å²) in [4.78, 5) is 18.0. The molecule has 3 rings (SSSR count). The third kappa shape index (κ3) is 3.61. The van der Waals surface area contributed by atoms with Crippen molar-refractivity contribution in [2.24, 2.45) is 0 Å². The molecule has 0 saturated carbocycles. The molecule has 1 aromatic heterocycles. The molecule has 2 aromatic rings. The standard InChI is InChI=1S/C20H25N3O3S/c1-5-23(14-15-8-10-21-11-9-15)27(25,26)16-6-7-18-17(12-16)20(2,3)13-19(24)22(18)4/h6-12H,5,13-14H2,1-4H3. The summed E-state index contributed by atoms with van der Waals surface area (Å²) in [6.45, 7) is 6.43. The lowest BCUT2D eigenvalue weighted by molar-refractivity contribution is -0.119. The molecular formula is C20H25N3O3S. The Kier molecular flexibility index (Phi) is 5.10. The molecule has 0 saturated heterocycles. The molecule has 1 amide bonds. The summed E-state index contributed by atoms with van der Waals surface area (Å²) < 4.78 is 27.9. The minimum Gasteiger partial charge on any atom is -0.315 e. The number of carbonyl (C=O) groups is 1. The van der Waals surface area contributed by atoms with E-state index >= 15 is 0 Å². The molecule has 2 heterocycles. The van der Waals surface area contributed by atoms with E-state index < -0.39 is 15.4 Å². The highest BCUT2D eigenvalue weighted by molar-refractivity contribution is 7.89. The predicted molar refractivity (Wildman–Crippen MR) is 105 cm³/mol. The number of pyridine rings is 1. The normalized spacial score (nSPS) is 16.5. The van der Waals surface area contributed by atoms with Gasteiger partial charge in [-0.1, -0.05) is 20.8 Å². The lowest BCUT2D eigenvalue weighted by Crippen LogP contribution is -2.39. The Labute approximate surface area is 160 Å². The van der Waals surface area contributed by atoms with Gasteiger partial charge < -0.3 is 4.90 Å². The van der Waals surface area contributed by atoms with Gasteiger partial charge in [-0.3, -0.25) is 9.78 Å². The Morgan fingerprint density at radius 1 is 1.19 bits per heavy atom. The molecule has 1 aliphatic rings. The molecule has 0 fully saturated rings. The van der Waals surface area contributed by atoms with Crippen LogP contribution in [0.5, 0.6) is 0 Å². The lowest BCUT2D eigenvalue weighted by atomic mass is 9.77. The van der Waals surface area contributed by atoms with Crippen molar-refractivity contribution in [3.8, 4) is 0 Å². The molecule has 0 unspecified atom stereocenters. The summed E-state index contributed by atoms with van der Waals surface area (Å²) in [7, 11) is -1.93. The van der Waals surface area contributed by atoms with Crippen molar-refractivity contribution >= 4 is 21.6 Å². The van der Waals surface area contributed by atoms with E-state index in [-0.39, 0.29) is 10.8 Å². The molecule has 0 bridgehead atoms. The van der Waals surface area contributed by atoms with E-state index in [0.29, 0.717) is 19.5 Å².